The van der Waals surface area contributed by atoms with Crippen molar-refractivity contribution < 1.29 is 14.6 Å². The largest absolute Gasteiger partial charge is 0.439 e. The summed E-state index contributed by atoms with van der Waals surface area (Å²) in [4.78, 5) is 10.8. The molecule has 1 atom stereocenters. The third-order valence-corrected chi connectivity index (χ3v) is 5.45. The van der Waals surface area contributed by atoms with E-state index >= 15 is 0 Å². The number of hydrogen-bond acceptors (Lipinski definition) is 8. The highest BCUT2D eigenvalue weighted by Gasteiger charge is 2.16. The lowest BCUT2D eigenvalue weighted by molar-refractivity contribution is 0.0532. The van der Waals surface area contributed by atoms with Crippen LogP contribution >= 0.6 is 0 Å². The maximum atomic E-state index is 10.1. The molecule has 0 bridgehead atoms. The molecule has 8 heteroatoms. The highest BCUT2D eigenvalue weighted by Crippen LogP contribution is 2.34. The van der Waals surface area contributed by atoms with Gasteiger partial charge in [0.25, 0.3) is 0 Å². The molecule has 1 aliphatic heterocycles. The number of aliphatic hydroxyl groups excluding tert-OH is 1. The third kappa shape index (κ3) is 6.19. The topological polar surface area (TPSA) is 119 Å². The van der Waals surface area contributed by atoms with Gasteiger partial charge in [0, 0.05) is 49.6 Å². The van der Waals surface area contributed by atoms with Crippen LogP contribution in [0.2, 0.25) is 0 Å². The van der Waals surface area contributed by atoms with Crippen LogP contribution in [0.15, 0.2) is 58.3 Å². The molecular formula is C25H33N5O3. The normalized spacial score (nSPS) is 15.9. The molecule has 2 aromatic carbocycles. The fourth-order valence-corrected chi connectivity index (χ4v) is 3.72. The van der Waals surface area contributed by atoms with Gasteiger partial charge in [0.05, 0.1) is 19.3 Å². The van der Waals surface area contributed by atoms with E-state index in [1.165, 1.54) is 0 Å². The Labute approximate surface area is 195 Å². The van der Waals surface area contributed by atoms with Gasteiger partial charge in [0.2, 0.25) is 5.90 Å². The smallest absolute Gasteiger partial charge is 0.218 e. The SMILES string of the molecule is C=N/C(=C\C(=NCC)Oc1cc(N)ccc1-c1ccc(C(O)CN)c(C)c1)N1CCOCC1. The molecule has 8 nitrogen and oxygen atoms in total. The molecule has 1 saturated heterocycles. The average molecular weight is 452 g/mol. The number of morpholine rings is 1. The molecular weight excluding hydrogens is 418 g/mol. The minimum absolute atomic E-state index is 0.169. The average Bonchev–Trinajstić information content (AvgIpc) is 2.82. The number of nitrogen functional groups attached to an aromatic ring is 1. The van der Waals surface area contributed by atoms with Gasteiger partial charge in [-0.25, -0.2) is 4.99 Å². The summed E-state index contributed by atoms with van der Waals surface area (Å²) < 4.78 is 11.7. The van der Waals surface area contributed by atoms with Gasteiger partial charge in [-0.3, -0.25) is 4.99 Å². The predicted molar refractivity (Wildman–Crippen MR) is 134 cm³/mol. The highest BCUT2D eigenvalue weighted by atomic mass is 16.5. The zero-order valence-electron chi connectivity index (χ0n) is 19.3. The van der Waals surface area contributed by atoms with Crippen molar-refractivity contribution in [2.24, 2.45) is 15.7 Å². The molecule has 3 rings (SSSR count). The third-order valence-electron chi connectivity index (χ3n) is 5.45. The number of aliphatic imine (C=N–C) groups is 2. The molecule has 33 heavy (non-hydrogen) atoms. The Morgan fingerprint density at radius 3 is 2.67 bits per heavy atom. The van der Waals surface area contributed by atoms with Crippen molar-refractivity contribution in [3.63, 3.8) is 0 Å². The number of benzene rings is 2. The number of rotatable bonds is 8. The zero-order chi connectivity index (χ0) is 23.8. The van der Waals surface area contributed by atoms with Crippen molar-refractivity contribution in [3.8, 4) is 16.9 Å². The Balaban J connectivity index is 1.96. The van der Waals surface area contributed by atoms with Crippen molar-refractivity contribution >= 4 is 18.3 Å². The Morgan fingerprint density at radius 2 is 2.03 bits per heavy atom. The summed E-state index contributed by atoms with van der Waals surface area (Å²) in [6.45, 7) is 11.1. The van der Waals surface area contributed by atoms with E-state index in [4.69, 9.17) is 20.9 Å². The summed E-state index contributed by atoms with van der Waals surface area (Å²) in [6, 6.07) is 11.4. The Kier molecular flexibility index (Phi) is 8.59. The Morgan fingerprint density at radius 1 is 1.27 bits per heavy atom. The summed E-state index contributed by atoms with van der Waals surface area (Å²) >= 11 is 0. The summed E-state index contributed by atoms with van der Waals surface area (Å²) in [5.74, 6) is 1.69. The molecule has 0 amide bonds. The Hall–Kier alpha value is -3.20. The van der Waals surface area contributed by atoms with Crippen LogP contribution in [-0.4, -0.2) is 62.0 Å². The number of ether oxygens (including phenoxy) is 2. The maximum Gasteiger partial charge on any atom is 0.218 e. The van der Waals surface area contributed by atoms with Gasteiger partial charge in [-0.2, -0.15) is 0 Å². The van der Waals surface area contributed by atoms with Gasteiger partial charge in [0.15, 0.2) is 0 Å². The fraction of sp³-hybridized carbons (Fsp3) is 0.360. The molecule has 0 spiro atoms. The molecule has 0 radical (unpaired) electrons. The number of nitrogens with zero attached hydrogens (tertiary/aromatic N) is 3. The van der Waals surface area contributed by atoms with Crippen LogP contribution in [0.4, 0.5) is 5.69 Å². The van der Waals surface area contributed by atoms with Crippen LogP contribution in [0.3, 0.4) is 0 Å². The molecule has 1 unspecified atom stereocenters. The molecule has 0 aromatic heterocycles. The van der Waals surface area contributed by atoms with Gasteiger partial charge in [0.1, 0.15) is 11.6 Å². The van der Waals surface area contributed by atoms with Crippen LogP contribution in [0.25, 0.3) is 11.1 Å². The first-order valence-electron chi connectivity index (χ1n) is 11.1. The van der Waals surface area contributed by atoms with E-state index in [2.05, 4.69) is 21.6 Å². The quantitative estimate of drug-likeness (QED) is 0.323. The number of aryl methyl sites for hydroxylation is 1. The summed E-state index contributed by atoms with van der Waals surface area (Å²) in [5, 5.41) is 10.1. The van der Waals surface area contributed by atoms with E-state index in [1.807, 2.05) is 44.2 Å². The summed E-state index contributed by atoms with van der Waals surface area (Å²) in [5.41, 5.74) is 15.8. The number of hydrogen-bond donors (Lipinski definition) is 3. The standard InChI is InChI=1S/C25H33N5O3/c1-4-29-25(15-24(28-3)30-9-11-32-12-10-30)33-23-14-19(27)6-8-21(23)18-5-7-20(17(2)13-18)22(31)16-26/h5-8,13-15,22,31H,3-4,9-12,16,26-27H2,1-2H3/b24-15+,29-25?. The minimum Gasteiger partial charge on any atom is -0.439 e. The number of aliphatic hydroxyl groups is 1. The van der Waals surface area contributed by atoms with Gasteiger partial charge in [-0.15, -0.1) is 0 Å². The molecule has 176 valence electrons. The van der Waals surface area contributed by atoms with Gasteiger partial charge >= 0.3 is 0 Å². The van der Waals surface area contributed by atoms with Crippen molar-refractivity contribution in [3.05, 3.63) is 59.4 Å². The lowest BCUT2D eigenvalue weighted by Crippen LogP contribution is -2.35. The highest BCUT2D eigenvalue weighted by molar-refractivity contribution is 5.92. The van der Waals surface area contributed by atoms with E-state index in [-0.39, 0.29) is 6.54 Å². The molecule has 1 aliphatic rings. The van der Waals surface area contributed by atoms with Crippen LogP contribution in [0.1, 0.15) is 24.2 Å². The minimum atomic E-state index is -0.695. The van der Waals surface area contributed by atoms with Crippen molar-refractivity contribution in [2.45, 2.75) is 20.0 Å². The van der Waals surface area contributed by atoms with E-state index in [9.17, 15) is 5.11 Å². The van der Waals surface area contributed by atoms with Crippen LogP contribution in [0, 0.1) is 6.92 Å². The van der Waals surface area contributed by atoms with Crippen molar-refractivity contribution in [1.29, 1.82) is 0 Å². The van der Waals surface area contributed by atoms with Gasteiger partial charge < -0.3 is 30.9 Å². The fourth-order valence-electron chi connectivity index (χ4n) is 3.72. The van der Waals surface area contributed by atoms with E-state index < -0.39 is 6.10 Å². The van der Waals surface area contributed by atoms with Gasteiger partial charge in [-0.1, -0.05) is 18.2 Å². The van der Waals surface area contributed by atoms with E-state index in [1.54, 1.807) is 12.1 Å². The summed E-state index contributed by atoms with van der Waals surface area (Å²) in [7, 11) is 0. The second-order valence-electron chi connectivity index (χ2n) is 7.75. The molecule has 0 saturated carbocycles. The second kappa shape index (κ2) is 11.6. The monoisotopic (exact) mass is 451 g/mol. The predicted octanol–water partition coefficient (Wildman–Crippen LogP) is 2.91. The second-order valence-corrected chi connectivity index (χ2v) is 7.75. The van der Waals surface area contributed by atoms with Crippen LogP contribution in [0.5, 0.6) is 5.75 Å². The van der Waals surface area contributed by atoms with Crippen molar-refractivity contribution in [2.75, 3.05) is 45.1 Å². The first-order valence-corrected chi connectivity index (χ1v) is 11.1. The number of nitrogens with two attached hydrogens (primary N) is 2. The molecule has 5 N–H and O–H groups in total. The number of anilines is 1. The first kappa shape index (κ1) is 24.4. The molecule has 2 aromatic rings. The molecule has 0 aliphatic carbocycles. The zero-order valence-corrected chi connectivity index (χ0v) is 19.3. The molecule has 1 fully saturated rings. The molecule has 1 heterocycles. The van der Waals surface area contributed by atoms with Crippen molar-refractivity contribution in [1.82, 2.24) is 4.90 Å². The van der Waals surface area contributed by atoms with Crippen LogP contribution in [-0.2, 0) is 4.74 Å². The lowest BCUT2D eigenvalue weighted by Gasteiger charge is -2.28. The van der Waals surface area contributed by atoms with E-state index in [0.717, 1.165) is 35.3 Å². The van der Waals surface area contributed by atoms with Gasteiger partial charge in [-0.05, 0) is 49.4 Å². The summed E-state index contributed by atoms with van der Waals surface area (Å²) in [6.07, 6.45) is 1.10. The Bertz CT molecular complexity index is 1030. The maximum absolute atomic E-state index is 10.1. The van der Waals surface area contributed by atoms with E-state index in [0.29, 0.717) is 42.9 Å². The van der Waals surface area contributed by atoms with Crippen LogP contribution < -0.4 is 16.2 Å². The lowest BCUT2D eigenvalue weighted by atomic mass is 9.96. The first-order chi connectivity index (χ1) is 16.0.